The molecular formula is C16H25BrFN. The third-order valence-electron chi connectivity index (χ3n) is 3.26. The number of rotatable bonds is 8. The highest BCUT2D eigenvalue weighted by molar-refractivity contribution is 9.10. The van der Waals surface area contributed by atoms with Crippen LogP contribution in [0.15, 0.2) is 22.7 Å². The first-order valence-corrected chi connectivity index (χ1v) is 8.02. The van der Waals surface area contributed by atoms with E-state index < -0.39 is 0 Å². The van der Waals surface area contributed by atoms with Crippen LogP contribution < -0.4 is 5.32 Å². The number of nitrogens with one attached hydrogen (secondary N) is 1. The van der Waals surface area contributed by atoms with E-state index in [-0.39, 0.29) is 11.9 Å². The van der Waals surface area contributed by atoms with Gasteiger partial charge in [0.25, 0.3) is 0 Å². The molecule has 1 aromatic rings. The lowest BCUT2D eigenvalue weighted by Gasteiger charge is -2.20. The Hall–Kier alpha value is -0.410. The van der Waals surface area contributed by atoms with Gasteiger partial charge in [-0.25, -0.2) is 4.39 Å². The minimum Gasteiger partial charge on any atom is -0.310 e. The fraction of sp³-hybridized carbons (Fsp3) is 0.625. The van der Waals surface area contributed by atoms with Gasteiger partial charge in [-0.15, -0.1) is 0 Å². The molecule has 1 unspecified atom stereocenters. The Kier molecular flexibility index (Phi) is 7.62. The average Bonchev–Trinajstić information content (AvgIpc) is 2.36. The molecule has 1 N–H and O–H groups in total. The molecule has 0 saturated heterocycles. The van der Waals surface area contributed by atoms with Gasteiger partial charge >= 0.3 is 0 Å². The average molecular weight is 330 g/mol. The van der Waals surface area contributed by atoms with Crippen molar-refractivity contribution in [2.75, 3.05) is 6.54 Å². The van der Waals surface area contributed by atoms with E-state index >= 15 is 0 Å². The Morgan fingerprint density at radius 3 is 2.58 bits per heavy atom. The predicted molar refractivity (Wildman–Crippen MR) is 83.8 cm³/mol. The molecule has 1 nitrogen and oxygen atoms in total. The highest BCUT2D eigenvalue weighted by Crippen LogP contribution is 2.24. The fourth-order valence-electron chi connectivity index (χ4n) is 2.16. The smallest absolute Gasteiger partial charge is 0.137 e. The van der Waals surface area contributed by atoms with E-state index in [1.165, 1.54) is 12.8 Å². The summed E-state index contributed by atoms with van der Waals surface area (Å²) in [6.07, 6.45) is 4.57. The van der Waals surface area contributed by atoms with Crippen molar-refractivity contribution in [3.8, 4) is 0 Å². The van der Waals surface area contributed by atoms with Crippen LogP contribution in [0.25, 0.3) is 0 Å². The molecule has 108 valence electrons. The quantitative estimate of drug-likeness (QED) is 0.668. The first-order valence-electron chi connectivity index (χ1n) is 7.23. The van der Waals surface area contributed by atoms with Crippen molar-refractivity contribution >= 4 is 15.9 Å². The topological polar surface area (TPSA) is 12.0 Å². The normalized spacial score (nSPS) is 12.9. The number of hydrogen-bond donors (Lipinski definition) is 1. The molecule has 0 heterocycles. The van der Waals surface area contributed by atoms with Crippen molar-refractivity contribution in [2.45, 2.75) is 52.5 Å². The second-order valence-electron chi connectivity index (χ2n) is 5.51. The van der Waals surface area contributed by atoms with Gasteiger partial charge in [-0.2, -0.15) is 0 Å². The van der Waals surface area contributed by atoms with Crippen molar-refractivity contribution in [2.24, 2.45) is 5.92 Å². The van der Waals surface area contributed by atoms with Gasteiger partial charge in [-0.1, -0.05) is 39.7 Å². The molecule has 0 bridgehead atoms. The maximum absolute atomic E-state index is 13.6. The zero-order valence-electron chi connectivity index (χ0n) is 12.2. The Morgan fingerprint density at radius 2 is 2.00 bits per heavy atom. The van der Waals surface area contributed by atoms with Gasteiger partial charge < -0.3 is 5.32 Å². The fourth-order valence-corrected chi connectivity index (χ4v) is 2.41. The van der Waals surface area contributed by atoms with Crippen molar-refractivity contribution in [1.29, 1.82) is 0 Å². The van der Waals surface area contributed by atoms with E-state index in [1.807, 2.05) is 6.07 Å². The Bertz CT molecular complexity index is 379. The summed E-state index contributed by atoms with van der Waals surface area (Å²) in [7, 11) is 0. The second-order valence-corrected chi connectivity index (χ2v) is 6.36. The predicted octanol–water partition coefficient (Wildman–Crippen LogP) is 5.46. The van der Waals surface area contributed by atoms with Crippen molar-refractivity contribution in [1.82, 2.24) is 5.32 Å². The Morgan fingerprint density at radius 1 is 1.26 bits per heavy atom. The van der Waals surface area contributed by atoms with E-state index in [4.69, 9.17) is 0 Å². The van der Waals surface area contributed by atoms with Crippen LogP contribution in [-0.4, -0.2) is 6.54 Å². The Balaban J connectivity index is 2.68. The van der Waals surface area contributed by atoms with Gasteiger partial charge in [0.1, 0.15) is 5.82 Å². The van der Waals surface area contributed by atoms with Crippen LogP contribution in [0.4, 0.5) is 4.39 Å². The number of benzene rings is 1. The summed E-state index contributed by atoms with van der Waals surface area (Å²) >= 11 is 3.21. The molecule has 1 rings (SSSR count). The summed E-state index contributed by atoms with van der Waals surface area (Å²) in [4.78, 5) is 0. The second kappa shape index (κ2) is 8.70. The molecule has 19 heavy (non-hydrogen) atoms. The molecule has 3 heteroatoms. The van der Waals surface area contributed by atoms with Crippen LogP contribution in [0.3, 0.4) is 0 Å². The molecule has 1 aromatic carbocycles. The highest BCUT2D eigenvalue weighted by Gasteiger charge is 2.12. The molecule has 0 amide bonds. The summed E-state index contributed by atoms with van der Waals surface area (Å²) in [5.41, 5.74) is 1.05. The third-order valence-corrected chi connectivity index (χ3v) is 3.90. The highest BCUT2D eigenvalue weighted by atomic mass is 79.9. The largest absolute Gasteiger partial charge is 0.310 e. The van der Waals surface area contributed by atoms with E-state index in [0.29, 0.717) is 4.47 Å². The number of halogens is 2. The summed E-state index contributed by atoms with van der Waals surface area (Å²) in [6, 6.07) is 5.72. The van der Waals surface area contributed by atoms with Gasteiger partial charge in [0.15, 0.2) is 0 Å². The maximum atomic E-state index is 13.6. The summed E-state index contributed by atoms with van der Waals surface area (Å²) in [6.45, 7) is 7.62. The molecule has 0 fully saturated rings. The zero-order chi connectivity index (χ0) is 14.3. The SMILES string of the molecule is CCCNC(CCCC(C)C)c1ccc(Br)c(F)c1. The van der Waals surface area contributed by atoms with E-state index in [0.717, 1.165) is 30.9 Å². The standard InChI is InChI=1S/C16H25BrFN/c1-4-10-19-16(7-5-6-12(2)3)13-8-9-14(17)15(18)11-13/h8-9,11-12,16,19H,4-7,10H2,1-3H3. The lowest BCUT2D eigenvalue weighted by Crippen LogP contribution is -2.22. The maximum Gasteiger partial charge on any atom is 0.137 e. The van der Waals surface area contributed by atoms with E-state index in [1.54, 1.807) is 12.1 Å². The van der Waals surface area contributed by atoms with Crippen LogP contribution in [0.1, 0.15) is 58.1 Å². The first kappa shape index (κ1) is 16.6. The van der Waals surface area contributed by atoms with Crippen LogP contribution in [-0.2, 0) is 0 Å². The molecule has 0 aliphatic heterocycles. The molecule has 0 aromatic heterocycles. The monoisotopic (exact) mass is 329 g/mol. The zero-order valence-corrected chi connectivity index (χ0v) is 13.8. The Labute approximate surface area is 125 Å². The van der Waals surface area contributed by atoms with Crippen LogP contribution >= 0.6 is 15.9 Å². The molecule has 0 aliphatic carbocycles. The molecular weight excluding hydrogens is 305 g/mol. The summed E-state index contributed by atoms with van der Waals surface area (Å²) < 4.78 is 14.2. The summed E-state index contributed by atoms with van der Waals surface area (Å²) in [5, 5.41) is 3.52. The molecule has 0 aliphatic rings. The minimum absolute atomic E-state index is 0.176. The van der Waals surface area contributed by atoms with E-state index in [2.05, 4.69) is 42.0 Å². The van der Waals surface area contributed by atoms with Crippen LogP contribution in [0, 0.1) is 11.7 Å². The van der Waals surface area contributed by atoms with E-state index in [9.17, 15) is 4.39 Å². The molecule has 1 atom stereocenters. The third kappa shape index (κ3) is 6.05. The van der Waals surface area contributed by atoms with Crippen LogP contribution in [0.5, 0.6) is 0 Å². The van der Waals surface area contributed by atoms with Gasteiger partial charge in [0.05, 0.1) is 4.47 Å². The summed E-state index contributed by atoms with van der Waals surface area (Å²) in [5.74, 6) is 0.554. The lowest BCUT2D eigenvalue weighted by molar-refractivity contribution is 0.446. The van der Waals surface area contributed by atoms with Gasteiger partial charge in [0.2, 0.25) is 0 Å². The van der Waals surface area contributed by atoms with Crippen molar-refractivity contribution in [3.63, 3.8) is 0 Å². The minimum atomic E-state index is -0.176. The van der Waals surface area contributed by atoms with Crippen molar-refractivity contribution in [3.05, 3.63) is 34.1 Å². The van der Waals surface area contributed by atoms with Gasteiger partial charge in [0, 0.05) is 6.04 Å². The van der Waals surface area contributed by atoms with Crippen molar-refractivity contribution < 1.29 is 4.39 Å². The number of hydrogen-bond acceptors (Lipinski definition) is 1. The lowest BCUT2D eigenvalue weighted by atomic mass is 9.98. The molecule has 0 saturated carbocycles. The van der Waals surface area contributed by atoms with Crippen LogP contribution in [0.2, 0.25) is 0 Å². The first-order chi connectivity index (χ1) is 9.04. The molecule has 0 spiro atoms. The molecule has 0 radical (unpaired) electrons. The van der Waals surface area contributed by atoms with Gasteiger partial charge in [-0.05, 0) is 58.9 Å². The van der Waals surface area contributed by atoms with Gasteiger partial charge in [-0.3, -0.25) is 0 Å².